The van der Waals surface area contributed by atoms with E-state index in [-0.39, 0.29) is 5.91 Å². The van der Waals surface area contributed by atoms with Gasteiger partial charge < -0.3 is 10.2 Å². The second kappa shape index (κ2) is 7.12. The molecule has 0 radical (unpaired) electrons. The smallest absolute Gasteiger partial charge is 0.255 e. The molecule has 2 aromatic carbocycles. The summed E-state index contributed by atoms with van der Waals surface area (Å²) in [5.74, 6) is -0.0562. The molecule has 0 aliphatic rings. The lowest BCUT2D eigenvalue weighted by atomic mass is 10.0. The molecule has 0 aromatic heterocycles. The third-order valence-corrected chi connectivity index (χ3v) is 3.86. The van der Waals surface area contributed by atoms with Gasteiger partial charge in [0.05, 0.1) is 0 Å². The van der Waals surface area contributed by atoms with E-state index < -0.39 is 0 Å². The highest BCUT2D eigenvalue weighted by Gasteiger charge is 2.12. The number of nitrogens with one attached hydrogen (secondary N) is 1. The number of amides is 1. The van der Waals surface area contributed by atoms with Gasteiger partial charge in [-0.15, -0.1) is 0 Å². The number of carbonyl (C=O) groups excluding carboxylic acids is 1. The van der Waals surface area contributed by atoms with Crippen molar-refractivity contribution in [2.24, 2.45) is 0 Å². The van der Waals surface area contributed by atoms with E-state index in [0.717, 1.165) is 24.2 Å². The zero-order valence-electron chi connectivity index (χ0n) is 13.8. The molecule has 0 aliphatic carbocycles. The Morgan fingerprint density at radius 3 is 2.14 bits per heavy atom. The molecule has 3 heteroatoms. The van der Waals surface area contributed by atoms with Gasteiger partial charge in [-0.3, -0.25) is 4.79 Å². The Labute approximate surface area is 133 Å². The van der Waals surface area contributed by atoms with Crippen LogP contribution in [-0.4, -0.2) is 20.0 Å². The highest BCUT2D eigenvalue weighted by molar-refractivity contribution is 6.05. The Morgan fingerprint density at radius 2 is 1.59 bits per heavy atom. The lowest BCUT2D eigenvalue weighted by Gasteiger charge is -2.16. The lowest BCUT2D eigenvalue weighted by molar-refractivity contribution is 0.102. The highest BCUT2D eigenvalue weighted by atomic mass is 16.1. The van der Waals surface area contributed by atoms with Gasteiger partial charge in [0.15, 0.2) is 0 Å². The topological polar surface area (TPSA) is 32.3 Å². The van der Waals surface area contributed by atoms with E-state index in [1.165, 1.54) is 11.1 Å². The summed E-state index contributed by atoms with van der Waals surface area (Å²) < 4.78 is 0. The second-order valence-corrected chi connectivity index (χ2v) is 5.56. The van der Waals surface area contributed by atoms with Crippen molar-refractivity contribution in [2.75, 3.05) is 24.3 Å². The molecule has 116 valence electrons. The first-order valence-corrected chi connectivity index (χ1v) is 7.76. The molecule has 0 spiro atoms. The van der Waals surface area contributed by atoms with E-state index in [9.17, 15) is 4.79 Å². The number of hydrogen-bond donors (Lipinski definition) is 1. The summed E-state index contributed by atoms with van der Waals surface area (Å²) in [4.78, 5) is 14.6. The first-order chi connectivity index (χ1) is 10.6. The Morgan fingerprint density at radius 1 is 1.00 bits per heavy atom. The number of nitrogens with zero attached hydrogens (tertiary/aromatic N) is 1. The van der Waals surface area contributed by atoms with Gasteiger partial charge in [-0.2, -0.15) is 0 Å². The van der Waals surface area contributed by atoms with Crippen LogP contribution in [0.1, 0.15) is 35.3 Å². The first kappa shape index (κ1) is 16.1. The minimum absolute atomic E-state index is 0.0562. The lowest BCUT2D eigenvalue weighted by Crippen LogP contribution is -2.16. The maximum atomic E-state index is 12.6. The summed E-state index contributed by atoms with van der Waals surface area (Å²) in [6.07, 6.45) is 1.81. The fourth-order valence-electron chi connectivity index (χ4n) is 2.51. The molecule has 0 heterocycles. The van der Waals surface area contributed by atoms with Gasteiger partial charge in [0, 0.05) is 31.0 Å². The molecule has 22 heavy (non-hydrogen) atoms. The van der Waals surface area contributed by atoms with Gasteiger partial charge in [-0.25, -0.2) is 0 Å². The van der Waals surface area contributed by atoms with Crippen molar-refractivity contribution >= 4 is 17.3 Å². The molecule has 1 amide bonds. The monoisotopic (exact) mass is 296 g/mol. The standard InChI is InChI=1S/C19H24N2O/c1-5-14-9-7-10-15(6-2)18(14)20-19(22)16-11-8-12-17(13-16)21(3)4/h7-13H,5-6H2,1-4H3,(H,20,22). The van der Waals surface area contributed by atoms with E-state index in [0.29, 0.717) is 5.56 Å². The summed E-state index contributed by atoms with van der Waals surface area (Å²) in [6, 6.07) is 13.9. The average molecular weight is 296 g/mol. The van der Waals surface area contributed by atoms with Crippen LogP contribution in [0.5, 0.6) is 0 Å². The van der Waals surface area contributed by atoms with Crippen LogP contribution in [0.15, 0.2) is 42.5 Å². The van der Waals surface area contributed by atoms with Crippen molar-refractivity contribution in [1.29, 1.82) is 0 Å². The van der Waals surface area contributed by atoms with E-state index >= 15 is 0 Å². The number of aryl methyl sites for hydroxylation is 2. The van der Waals surface area contributed by atoms with Crippen LogP contribution in [0, 0.1) is 0 Å². The molecule has 1 N–H and O–H groups in total. The van der Waals surface area contributed by atoms with Crippen LogP contribution < -0.4 is 10.2 Å². The predicted octanol–water partition coefficient (Wildman–Crippen LogP) is 4.13. The zero-order valence-corrected chi connectivity index (χ0v) is 13.8. The molecule has 2 aromatic rings. The number of anilines is 2. The Balaban J connectivity index is 2.31. The number of benzene rings is 2. The van der Waals surface area contributed by atoms with Gasteiger partial charge in [0.2, 0.25) is 0 Å². The largest absolute Gasteiger partial charge is 0.378 e. The number of para-hydroxylation sites is 1. The second-order valence-electron chi connectivity index (χ2n) is 5.56. The fourth-order valence-corrected chi connectivity index (χ4v) is 2.51. The molecule has 0 bridgehead atoms. The summed E-state index contributed by atoms with van der Waals surface area (Å²) in [5, 5.41) is 3.11. The summed E-state index contributed by atoms with van der Waals surface area (Å²) in [7, 11) is 3.94. The molecular weight excluding hydrogens is 272 g/mol. The van der Waals surface area contributed by atoms with Crippen LogP contribution in [0.2, 0.25) is 0 Å². The van der Waals surface area contributed by atoms with Crippen LogP contribution in [0.25, 0.3) is 0 Å². The molecule has 0 aliphatic heterocycles. The van der Waals surface area contributed by atoms with Crippen LogP contribution >= 0.6 is 0 Å². The van der Waals surface area contributed by atoms with Gasteiger partial charge >= 0.3 is 0 Å². The van der Waals surface area contributed by atoms with Gasteiger partial charge in [0.25, 0.3) is 5.91 Å². The van der Waals surface area contributed by atoms with E-state index in [4.69, 9.17) is 0 Å². The third kappa shape index (κ3) is 3.48. The summed E-state index contributed by atoms with van der Waals surface area (Å²) >= 11 is 0. The molecule has 3 nitrogen and oxygen atoms in total. The zero-order chi connectivity index (χ0) is 16.1. The maximum absolute atomic E-state index is 12.6. The summed E-state index contributed by atoms with van der Waals surface area (Å²) in [6.45, 7) is 4.22. The van der Waals surface area contributed by atoms with Gasteiger partial charge in [-0.05, 0) is 42.2 Å². The van der Waals surface area contributed by atoms with Crippen LogP contribution in [0.3, 0.4) is 0 Å². The predicted molar refractivity (Wildman–Crippen MR) is 93.9 cm³/mol. The van der Waals surface area contributed by atoms with E-state index in [1.807, 2.05) is 43.3 Å². The van der Waals surface area contributed by atoms with Gasteiger partial charge in [0.1, 0.15) is 0 Å². The average Bonchev–Trinajstić information content (AvgIpc) is 2.55. The number of hydrogen-bond acceptors (Lipinski definition) is 2. The maximum Gasteiger partial charge on any atom is 0.255 e. The van der Waals surface area contributed by atoms with Gasteiger partial charge in [-0.1, -0.05) is 38.1 Å². The van der Waals surface area contributed by atoms with Crippen molar-refractivity contribution in [3.8, 4) is 0 Å². The first-order valence-electron chi connectivity index (χ1n) is 7.76. The Hall–Kier alpha value is -2.29. The van der Waals surface area contributed by atoms with Crippen molar-refractivity contribution in [3.63, 3.8) is 0 Å². The quantitative estimate of drug-likeness (QED) is 0.899. The minimum Gasteiger partial charge on any atom is -0.378 e. The number of carbonyl (C=O) groups is 1. The Kier molecular flexibility index (Phi) is 5.21. The number of rotatable bonds is 5. The third-order valence-electron chi connectivity index (χ3n) is 3.86. The van der Waals surface area contributed by atoms with Crippen molar-refractivity contribution < 1.29 is 4.79 Å². The summed E-state index contributed by atoms with van der Waals surface area (Å²) in [5.41, 5.74) is 5.02. The van der Waals surface area contributed by atoms with Crippen LogP contribution in [0.4, 0.5) is 11.4 Å². The van der Waals surface area contributed by atoms with E-state index in [1.54, 1.807) is 0 Å². The molecule has 0 atom stereocenters. The Bertz CT molecular complexity index is 640. The molecule has 0 unspecified atom stereocenters. The fraction of sp³-hybridized carbons (Fsp3) is 0.316. The SMILES string of the molecule is CCc1cccc(CC)c1NC(=O)c1cccc(N(C)C)c1. The normalized spacial score (nSPS) is 10.4. The minimum atomic E-state index is -0.0562. The molecule has 0 fully saturated rings. The van der Waals surface area contributed by atoms with Crippen molar-refractivity contribution in [1.82, 2.24) is 0 Å². The molecule has 2 rings (SSSR count). The van der Waals surface area contributed by atoms with Crippen LogP contribution in [-0.2, 0) is 12.8 Å². The van der Waals surface area contributed by atoms with Crippen molar-refractivity contribution in [3.05, 3.63) is 59.2 Å². The molecular formula is C19H24N2O. The highest BCUT2D eigenvalue weighted by Crippen LogP contribution is 2.24. The van der Waals surface area contributed by atoms with E-state index in [2.05, 4.69) is 37.4 Å². The van der Waals surface area contributed by atoms with Crippen molar-refractivity contribution in [2.45, 2.75) is 26.7 Å². The molecule has 0 saturated heterocycles. The molecule has 0 saturated carbocycles.